The summed E-state index contributed by atoms with van der Waals surface area (Å²) in [4.78, 5) is 1.14. The van der Waals surface area contributed by atoms with Gasteiger partial charge in [-0.2, -0.15) is 0 Å². The van der Waals surface area contributed by atoms with Crippen LogP contribution in [-0.4, -0.2) is 10.9 Å². The van der Waals surface area contributed by atoms with E-state index in [1.54, 1.807) is 11.8 Å². The monoisotopic (exact) mass is 294 g/mol. The number of halogens is 2. The minimum atomic E-state index is -0.767. The van der Waals surface area contributed by atoms with Gasteiger partial charge in [0.25, 0.3) is 0 Å². The van der Waals surface area contributed by atoms with Gasteiger partial charge in [0.05, 0.1) is 6.10 Å². The fourth-order valence-corrected chi connectivity index (χ4v) is 2.68. The molecule has 4 heteroatoms. The van der Waals surface area contributed by atoms with Crippen molar-refractivity contribution in [2.45, 2.75) is 24.3 Å². The Hall–Kier alpha value is -1.39. The van der Waals surface area contributed by atoms with Crippen molar-refractivity contribution in [2.75, 3.05) is 5.75 Å². The Labute approximate surface area is 121 Å². The Kier molecular flexibility index (Phi) is 5.15. The van der Waals surface area contributed by atoms with Gasteiger partial charge in [-0.3, -0.25) is 0 Å². The quantitative estimate of drug-likeness (QED) is 0.827. The summed E-state index contributed by atoms with van der Waals surface area (Å²) in [5.41, 5.74) is 1.19. The number of rotatable bonds is 5. The van der Waals surface area contributed by atoms with E-state index in [9.17, 15) is 13.9 Å². The first-order chi connectivity index (χ1) is 9.58. The number of aliphatic hydroxyl groups is 1. The van der Waals surface area contributed by atoms with E-state index in [2.05, 4.69) is 6.92 Å². The lowest BCUT2D eigenvalue weighted by molar-refractivity contribution is 0.178. The molecule has 0 fully saturated rings. The lowest BCUT2D eigenvalue weighted by Crippen LogP contribution is -2.02. The maximum atomic E-state index is 13.1. The molecule has 0 saturated heterocycles. The van der Waals surface area contributed by atoms with Crippen LogP contribution in [0.25, 0.3) is 0 Å². The van der Waals surface area contributed by atoms with Gasteiger partial charge in [-0.15, -0.1) is 11.8 Å². The van der Waals surface area contributed by atoms with Crippen molar-refractivity contribution in [3.05, 3.63) is 65.2 Å². The van der Waals surface area contributed by atoms with Gasteiger partial charge in [0.15, 0.2) is 0 Å². The highest BCUT2D eigenvalue weighted by molar-refractivity contribution is 7.99. The van der Waals surface area contributed by atoms with E-state index in [1.165, 1.54) is 12.1 Å². The third kappa shape index (κ3) is 4.05. The largest absolute Gasteiger partial charge is 0.388 e. The summed E-state index contributed by atoms with van der Waals surface area (Å²) in [5, 5.41) is 10.1. The predicted octanol–water partition coefficient (Wildman–Crippen LogP) is 4.35. The van der Waals surface area contributed by atoms with Gasteiger partial charge < -0.3 is 5.11 Å². The molecule has 0 saturated carbocycles. The SMILES string of the molecule is CCSc1ccc(C(O)Cc2cc(F)cc(F)c2)cc1. The zero-order chi connectivity index (χ0) is 14.5. The van der Waals surface area contributed by atoms with Crippen LogP contribution in [0.3, 0.4) is 0 Å². The number of benzene rings is 2. The van der Waals surface area contributed by atoms with Crippen LogP contribution in [0.2, 0.25) is 0 Å². The maximum absolute atomic E-state index is 13.1. The first-order valence-corrected chi connectivity index (χ1v) is 7.43. The molecule has 0 heterocycles. The van der Waals surface area contributed by atoms with Gasteiger partial charge >= 0.3 is 0 Å². The number of hydrogen-bond donors (Lipinski definition) is 1. The molecule has 0 aliphatic carbocycles. The molecule has 0 aliphatic heterocycles. The number of hydrogen-bond acceptors (Lipinski definition) is 2. The molecule has 1 unspecified atom stereocenters. The van der Waals surface area contributed by atoms with Crippen molar-refractivity contribution in [1.29, 1.82) is 0 Å². The predicted molar refractivity (Wildman–Crippen MR) is 77.9 cm³/mol. The molecule has 0 bridgehead atoms. The molecule has 1 atom stereocenters. The van der Waals surface area contributed by atoms with Crippen molar-refractivity contribution < 1.29 is 13.9 Å². The maximum Gasteiger partial charge on any atom is 0.126 e. The first-order valence-electron chi connectivity index (χ1n) is 6.44. The molecule has 2 rings (SSSR count). The number of aliphatic hydroxyl groups excluding tert-OH is 1. The van der Waals surface area contributed by atoms with Gasteiger partial charge in [-0.05, 0) is 41.1 Å². The van der Waals surface area contributed by atoms with E-state index in [0.717, 1.165) is 22.3 Å². The van der Waals surface area contributed by atoms with E-state index in [4.69, 9.17) is 0 Å². The molecule has 1 nitrogen and oxygen atoms in total. The summed E-state index contributed by atoms with van der Waals surface area (Å²) in [6.07, 6.45) is -0.577. The first kappa shape index (κ1) is 15.0. The van der Waals surface area contributed by atoms with Gasteiger partial charge in [0.1, 0.15) is 11.6 Å². The van der Waals surface area contributed by atoms with E-state index in [1.807, 2.05) is 24.3 Å². The molecule has 0 spiro atoms. The minimum absolute atomic E-state index is 0.189. The van der Waals surface area contributed by atoms with Crippen molar-refractivity contribution in [3.63, 3.8) is 0 Å². The fraction of sp³-hybridized carbons (Fsp3) is 0.250. The highest BCUT2D eigenvalue weighted by Crippen LogP contribution is 2.23. The van der Waals surface area contributed by atoms with Crippen molar-refractivity contribution in [1.82, 2.24) is 0 Å². The summed E-state index contributed by atoms with van der Waals surface area (Å²) in [5.74, 6) is -0.256. The lowest BCUT2D eigenvalue weighted by Gasteiger charge is -2.12. The van der Waals surface area contributed by atoms with Crippen LogP contribution in [-0.2, 0) is 6.42 Å². The molecule has 106 valence electrons. The zero-order valence-corrected chi connectivity index (χ0v) is 12.0. The summed E-state index contributed by atoms with van der Waals surface area (Å²) in [6.45, 7) is 2.08. The van der Waals surface area contributed by atoms with Crippen LogP contribution in [0.4, 0.5) is 8.78 Å². The summed E-state index contributed by atoms with van der Waals surface area (Å²) < 4.78 is 26.2. The highest BCUT2D eigenvalue weighted by atomic mass is 32.2. The van der Waals surface area contributed by atoms with E-state index < -0.39 is 17.7 Å². The third-order valence-corrected chi connectivity index (χ3v) is 3.82. The van der Waals surface area contributed by atoms with Crippen LogP contribution in [0.15, 0.2) is 47.4 Å². The van der Waals surface area contributed by atoms with Crippen LogP contribution in [0.5, 0.6) is 0 Å². The van der Waals surface area contributed by atoms with Crippen LogP contribution >= 0.6 is 11.8 Å². The van der Waals surface area contributed by atoms with Crippen LogP contribution in [0.1, 0.15) is 24.2 Å². The summed E-state index contributed by atoms with van der Waals surface area (Å²) in [6, 6.07) is 10.9. The second kappa shape index (κ2) is 6.86. The Bertz CT molecular complexity index is 549. The summed E-state index contributed by atoms with van der Waals surface area (Å²) >= 11 is 1.72. The normalized spacial score (nSPS) is 12.4. The number of thioether (sulfide) groups is 1. The molecular formula is C16H16F2OS. The molecule has 0 radical (unpaired) electrons. The average molecular weight is 294 g/mol. The Balaban J connectivity index is 2.08. The van der Waals surface area contributed by atoms with E-state index in [-0.39, 0.29) is 6.42 Å². The molecular weight excluding hydrogens is 278 g/mol. The molecule has 0 aromatic heterocycles. The minimum Gasteiger partial charge on any atom is -0.388 e. The Morgan fingerprint density at radius 1 is 1.05 bits per heavy atom. The standard InChI is InChI=1S/C16H16F2OS/c1-2-20-15-5-3-12(4-6-15)16(19)9-11-7-13(17)10-14(18)8-11/h3-8,10,16,19H,2,9H2,1H3. The fourth-order valence-electron chi connectivity index (χ4n) is 2.02. The second-order valence-corrected chi connectivity index (χ2v) is 5.84. The summed E-state index contributed by atoms with van der Waals surface area (Å²) in [7, 11) is 0. The highest BCUT2D eigenvalue weighted by Gasteiger charge is 2.10. The molecule has 0 amide bonds. The van der Waals surface area contributed by atoms with Crippen LogP contribution < -0.4 is 0 Å². The van der Waals surface area contributed by atoms with Crippen LogP contribution in [0, 0.1) is 11.6 Å². The average Bonchev–Trinajstić information content (AvgIpc) is 2.38. The molecule has 2 aromatic carbocycles. The third-order valence-electron chi connectivity index (χ3n) is 2.93. The Morgan fingerprint density at radius 2 is 1.65 bits per heavy atom. The molecule has 2 aromatic rings. The van der Waals surface area contributed by atoms with Gasteiger partial charge in [0, 0.05) is 17.4 Å². The van der Waals surface area contributed by atoms with E-state index >= 15 is 0 Å². The van der Waals surface area contributed by atoms with Crippen molar-refractivity contribution in [2.24, 2.45) is 0 Å². The molecule has 20 heavy (non-hydrogen) atoms. The van der Waals surface area contributed by atoms with Gasteiger partial charge in [-0.25, -0.2) is 8.78 Å². The van der Waals surface area contributed by atoms with Gasteiger partial charge in [-0.1, -0.05) is 19.1 Å². The molecule has 0 aliphatic rings. The van der Waals surface area contributed by atoms with Gasteiger partial charge in [0.2, 0.25) is 0 Å². The molecule has 1 N–H and O–H groups in total. The smallest absolute Gasteiger partial charge is 0.126 e. The lowest BCUT2D eigenvalue weighted by atomic mass is 10.0. The topological polar surface area (TPSA) is 20.2 Å². The zero-order valence-electron chi connectivity index (χ0n) is 11.1. The van der Waals surface area contributed by atoms with Crippen molar-refractivity contribution in [3.8, 4) is 0 Å². The van der Waals surface area contributed by atoms with E-state index in [0.29, 0.717) is 5.56 Å². The van der Waals surface area contributed by atoms with Crippen molar-refractivity contribution >= 4 is 11.8 Å². The Morgan fingerprint density at radius 3 is 2.20 bits per heavy atom. The second-order valence-electron chi connectivity index (χ2n) is 4.50.